The Balaban J connectivity index is 2.08. The highest BCUT2D eigenvalue weighted by atomic mass is 19.1. The smallest absolute Gasteiger partial charge is 0.295 e. The van der Waals surface area contributed by atoms with Crippen molar-refractivity contribution in [3.05, 3.63) is 83.7 Å². The number of carbonyl (C=O) groups excluding carboxylic acids is 2. The number of hydrogen-bond donors (Lipinski definition) is 2. The molecule has 1 fully saturated rings. The molecule has 7 heteroatoms. The van der Waals surface area contributed by atoms with E-state index in [4.69, 9.17) is 9.84 Å². The Hall–Kier alpha value is -3.45. The van der Waals surface area contributed by atoms with E-state index in [1.54, 1.807) is 36.4 Å². The molecule has 0 bridgehead atoms. The van der Waals surface area contributed by atoms with Crippen molar-refractivity contribution in [1.29, 1.82) is 0 Å². The van der Waals surface area contributed by atoms with Crippen LogP contribution in [0.4, 0.5) is 4.39 Å². The summed E-state index contributed by atoms with van der Waals surface area (Å²) in [6, 6.07) is 11.0. The fourth-order valence-electron chi connectivity index (χ4n) is 3.39. The number of rotatable bonds is 8. The highest BCUT2D eigenvalue weighted by Gasteiger charge is 2.46. The summed E-state index contributed by atoms with van der Waals surface area (Å²) >= 11 is 0. The zero-order valence-electron chi connectivity index (χ0n) is 16.3. The number of amides is 1. The Morgan fingerprint density at radius 2 is 1.87 bits per heavy atom. The summed E-state index contributed by atoms with van der Waals surface area (Å²) in [5.41, 5.74) is 0.201. The van der Waals surface area contributed by atoms with E-state index in [1.807, 2.05) is 0 Å². The highest BCUT2D eigenvalue weighted by Crippen LogP contribution is 2.40. The standard InChI is InChI=1S/C23H22FNO5/c1-2-14-30-16-10-8-15(9-11-16)21(27)19-20(17-6-3-4-7-18(17)24)25(12-5-13-26)23(29)22(19)28/h2-4,6-11,20,26-27H,1,5,12-14H2. The van der Waals surface area contributed by atoms with Gasteiger partial charge in [0.05, 0.1) is 11.6 Å². The molecule has 0 spiro atoms. The van der Waals surface area contributed by atoms with Crippen molar-refractivity contribution in [2.24, 2.45) is 0 Å². The average molecular weight is 411 g/mol. The molecule has 0 radical (unpaired) electrons. The summed E-state index contributed by atoms with van der Waals surface area (Å²) in [7, 11) is 0. The van der Waals surface area contributed by atoms with Gasteiger partial charge in [-0.2, -0.15) is 0 Å². The van der Waals surface area contributed by atoms with Crippen LogP contribution < -0.4 is 4.74 Å². The van der Waals surface area contributed by atoms with Crippen LogP contribution in [0, 0.1) is 5.82 Å². The number of ketones is 1. The Labute approximate surface area is 173 Å². The lowest BCUT2D eigenvalue weighted by Crippen LogP contribution is -2.31. The van der Waals surface area contributed by atoms with Crippen LogP contribution in [0.1, 0.15) is 23.6 Å². The van der Waals surface area contributed by atoms with Gasteiger partial charge in [-0.05, 0) is 36.8 Å². The quantitative estimate of drug-likeness (QED) is 0.302. The third kappa shape index (κ3) is 4.11. The van der Waals surface area contributed by atoms with Crippen molar-refractivity contribution in [2.75, 3.05) is 19.8 Å². The first-order chi connectivity index (χ1) is 14.5. The third-order valence-corrected chi connectivity index (χ3v) is 4.79. The maximum atomic E-state index is 14.6. The number of hydrogen-bond acceptors (Lipinski definition) is 5. The van der Waals surface area contributed by atoms with Crippen LogP contribution in [0.3, 0.4) is 0 Å². The number of aliphatic hydroxyl groups excluding tert-OH is 2. The number of halogens is 1. The second-order valence-electron chi connectivity index (χ2n) is 6.72. The molecule has 2 N–H and O–H groups in total. The predicted molar refractivity (Wildman–Crippen MR) is 109 cm³/mol. The van der Waals surface area contributed by atoms with E-state index in [0.29, 0.717) is 17.9 Å². The first-order valence-electron chi connectivity index (χ1n) is 9.47. The zero-order chi connectivity index (χ0) is 21.7. The van der Waals surface area contributed by atoms with Crippen LogP contribution in [-0.2, 0) is 9.59 Å². The molecule has 1 atom stereocenters. The number of Topliss-reactive ketones (excluding diaryl/α,β-unsaturated/α-hetero) is 1. The monoisotopic (exact) mass is 411 g/mol. The van der Waals surface area contributed by atoms with Gasteiger partial charge in [-0.1, -0.05) is 30.9 Å². The van der Waals surface area contributed by atoms with Gasteiger partial charge in [-0.3, -0.25) is 9.59 Å². The normalized spacial score (nSPS) is 17.9. The second kappa shape index (κ2) is 9.37. The van der Waals surface area contributed by atoms with Crippen molar-refractivity contribution in [1.82, 2.24) is 4.90 Å². The fourth-order valence-corrected chi connectivity index (χ4v) is 3.39. The van der Waals surface area contributed by atoms with Crippen molar-refractivity contribution in [3.8, 4) is 5.75 Å². The molecule has 0 aromatic heterocycles. The molecule has 0 aliphatic carbocycles. The van der Waals surface area contributed by atoms with Gasteiger partial charge < -0.3 is 19.8 Å². The molecule has 0 saturated carbocycles. The molecule has 6 nitrogen and oxygen atoms in total. The fraction of sp³-hybridized carbons (Fsp3) is 0.217. The largest absolute Gasteiger partial charge is 0.507 e. The lowest BCUT2D eigenvalue weighted by molar-refractivity contribution is -0.140. The SMILES string of the molecule is C=CCOc1ccc(C(O)=C2C(=O)C(=O)N(CCCO)C2c2ccccc2F)cc1. The van der Waals surface area contributed by atoms with E-state index in [9.17, 15) is 19.1 Å². The zero-order valence-corrected chi connectivity index (χ0v) is 16.3. The Morgan fingerprint density at radius 3 is 2.50 bits per heavy atom. The molecule has 1 amide bonds. The van der Waals surface area contributed by atoms with Gasteiger partial charge in [-0.15, -0.1) is 0 Å². The number of carbonyl (C=O) groups is 2. The van der Waals surface area contributed by atoms with Crippen molar-refractivity contribution in [3.63, 3.8) is 0 Å². The topological polar surface area (TPSA) is 87.1 Å². The number of benzene rings is 2. The van der Waals surface area contributed by atoms with E-state index >= 15 is 0 Å². The molecule has 2 aromatic rings. The second-order valence-corrected chi connectivity index (χ2v) is 6.72. The van der Waals surface area contributed by atoms with Gasteiger partial charge in [0.15, 0.2) is 0 Å². The Kier molecular flexibility index (Phi) is 6.64. The number of aliphatic hydroxyl groups is 2. The highest BCUT2D eigenvalue weighted by molar-refractivity contribution is 6.46. The summed E-state index contributed by atoms with van der Waals surface area (Å²) in [6.07, 6.45) is 1.81. The first-order valence-corrected chi connectivity index (χ1v) is 9.47. The van der Waals surface area contributed by atoms with E-state index in [2.05, 4.69) is 6.58 Å². The maximum absolute atomic E-state index is 14.6. The number of likely N-dealkylation sites (tertiary alicyclic amines) is 1. The lowest BCUT2D eigenvalue weighted by Gasteiger charge is -2.25. The van der Waals surface area contributed by atoms with Crippen LogP contribution in [0.15, 0.2) is 66.8 Å². The van der Waals surface area contributed by atoms with Gasteiger partial charge >= 0.3 is 0 Å². The van der Waals surface area contributed by atoms with Crippen LogP contribution in [0.2, 0.25) is 0 Å². The maximum Gasteiger partial charge on any atom is 0.295 e. The van der Waals surface area contributed by atoms with Crippen LogP contribution in [0.5, 0.6) is 5.75 Å². The summed E-state index contributed by atoms with van der Waals surface area (Å²) in [4.78, 5) is 26.6. The minimum Gasteiger partial charge on any atom is -0.507 e. The molecule has 30 heavy (non-hydrogen) atoms. The van der Waals surface area contributed by atoms with E-state index in [1.165, 1.54) is 23.1 Å². The molecule has 1 aliphatic rings. The molecule has 1 heterocycles. The Morgan fingerprint density at radius 1 is 1.17 bits per heavy atom. The van der Waals surface area contributed by atoms with E-state index in [-0.39, 0.29) is 30.7 Å². The van der Waals surface area contributed by atoms with Gasteiger partial charge in [0.1, 0.15) is 23.9 Å². The van der Waals surface area contributed by atoms with Crippen molar-refractivity contribution in [2.45, 2.75) is 12.5 Å². The molecule has 1 saturated heterocycles. The summed E-state index contributed by atoms with van der Waals surface area (Å²) in [6.45, 7) is 3.73. The van der Waals surface area contributed by atoms with E-state index in [0.717, 1.165) is 0 Å². The van der Waals surface area contributed by atoms with Crippen LogP contribution in [-0.4, -0.2) is 46.6 Å². The molecule has 156 valence electrons. The summed E-state index contributed by atoms with van der Waals surface area (Å²) < 4.78 is 20.0. The van der Waals surface area contributed by atoms with Gasteiger partial charge in [-0.25, -0.2) is 4.39 Å². The van der Waals surface area contributed by atoms with Crippen LogP contribution in [0.25, 0.3) is 5.76 Å². The minimum absolute atomic E-state index is 0.0468. The van der Waals surface area contributed by atoms with E-state index < -0.39 is 29.3 Å². The average Bonchev–Trinajstić information content (AvgIpc) is 3.01. The minimum atomic E-state index is -1.09. The van der Waals surface area contributed by atoms with Gasteiger partial charge in [0.25, 0.3) is 11.7 Å². The number of ether oxygens (including phenoxy) is 1. The lowest BCUT2D eigenvalue weighted by atomic mass is 9.95. The molecular formula is C23H22FNO5. The number of nitrogens with zero attached hydrogens (tertiary/aromatic N) is 1. The molecule has 3 rings (SSSR count). The Bertz CT molecular complexity index is 983. The molecule has 2 aromatic carbocycles. The molecule has 1 aliphatic heterocycles. The van der Waals surface area contributed by atoms with Gasteiger partial charge in [0.2, 0.25) is 0 Å². The third-order valence-electron chi connectivity index (χ3n) is 4.79. The first kappa shape index (κ1) is 21.3. The van der Waals surface area contributed by atoms with Crippen LogP contribution >= 0.6 is 0 Å². The molecule has 1 unspecified atom stereocenters. The molecular weight excluding hydrogens is 389 g/mol. The van der Waals surface area contributed by atoms with Crippen molar-refractivity contribution >= 4 is 17.4 Å². The predicted octanol–water partition coefficient (Wildman–Crippen LogP) is 3.19. The summed E-state index contributed by atoms with van der Waals surface area (Å²) in [5.74, 6) is -2.20. The summed E-state index contributed by atoms with van der Waals surface area (Å²) in [5, 5.41) is 20.0. The van der Waals surface area contributed by atoms with Crippen molar-refractivity contribution < 1.29 is 28.9 Å². The van der Waals surface area contributed by atoms with Gasteiger partial charge in [0, 0.05) is 24.3 Å².